The predicted octanol–water partition coefficient (Wildman–Crippen LogP) is 3.99. The predicted molar refractivity (Wildman–Crippen MR) is 96.1 cm³/mol. The van der Waals surface area contributed by atoms with Gasteiger partial charge in [-0.25, -0.2) is 4.39 Å². The van der Waals surface area contributed by atoms with Gasteiger partial charge in [-0.3, -0.25) is 9.59 Å². The highest BCUT2D eigenvalue weighted by molar-refractivity contribution is 8.00. The van der Waals surface area contributed by atoms with Gasteiger partial charge in [0, 0.05) is 9.92 Å². The highest BCUT2D eigenvalue weighted by Gasteiger charge is 2.13. The van der Waals surface area contributed by atoms with E-state index in [9.17, 15) is 14.0 Å². The summed E-state index contributed by atoms with van der Waals surface area (Å²) in [6, 6.07) is 13.0. The lowest BCUT2D eigenvalue weighted by molar-refractivity contribution is -0.146. The van der Waals surface area contributed by atoms with Crippen LogP contribution in [0.3, 0.4) is 0 Å². The maximum absolute atomic E-state index is 13.4. The second kappa shape index (κ2) is 9.44. The van der Waals surface area contributed by atoms with Crippen molar-refractivity contribution in [2.75, 3.05) is 12.4 Å². The Bertz CT molecular complexity index is 739. The molecule has 0 radical (unpaired) electrons. The Kier molecular flexibility index (Phi) is 7.28. The van der Waals surface area contributed by atoms with E-state index < -0.39 is 17.7 Å². The molecule has 2 aromatic rings. The van der Waals surface area contributed by atoms with E-state index in [2.05, 4.69) is 5.32 Å². The third kappa shape index (κ3) is 6.40. The number of thioether (sulfide) groups is 1. The van der Waals surface area contributed by atoms with Gasteiger partial charge in [0.1, 0.15) is 5.82 Å². The summed E-state index contributed by atoms with van der Waals surface area (Å²) in [7, 11) is 0. The number of nitrogens with one attached hydrogen (secondary N) is 1. The fourth-order valence-corrected chi connectivity index (χ4v) is 2.87. The van der Waals surface area contributed by atoms with Crippen LogP contribution in [-0.4, -0.2) is 24.2 Å². The van der Waals surface area contributed by atoms with Crippen LogP contribution in [0.2, 0.25) is 5.02 Å². The SMILES string of the molecule is C[C@@H](NC(=O)COC(=O)CSc1ccccc1F)c1ccc(Cl)cc1. The first-order chi connectivity index (χ1) is 12.0. The Morgan fingerprint density at radius 2 is 1.88 bits per heavy atom. The average molecular weight is 382 g/mol. The minimum Gasteiger partial charge on any atom is -0.455 e. The lowest BCUT2D eigenvalue weighted by Gasteiger charge is -2.14. The highest BCUT2D eigenvalue weighted by atomic mass is 35.5. The molecule has 0 aliphatic rings. The summed E-state index contributed by atoms with van der Waals surface area (Å²) in [4.78, 5) is 23.9. The van der Waals surface area contributed by atoms with Crippen molar-refractivity contribution in [3.8, 4) is 0 Å². The van der Waals surface area contributed by atoms with Crippen LogP contribution in [0.4, 0.5) is 4.39 Å². The minimum absolute atomic E-state index is 0.0685. The van der Waals surface area contributed by atoms with E-state index >= 15 is 0 Å². The summed E-state index contributed by atoms with van der Waals surface area (Å²) < 4.78 is 18.3. The standard InChI is InChI=1S/C18H17ClFNO3S/c1-12(13-6-8-14(19)9-7-13)21-17(22)10-24-18(23)11-25-16-5-3-2-4-15(16)20/h2-9,12H,10-11H2,1H3,(H,21,22)/t12-/m1/s1. The number of carbonyl (C=O) groups excluding carboxylic acids is 2. The molecule has 0 spiro atoms. The Balaban J connectivity index is 1.73. The maximum Gasteiger partial charge on any atom is 0.316 e. The van der Waals surface area contributed by atoms with E-state index in [4.69, 9.17) is 16.3 Å². The van der Waals surface area contributed by atoms with Crippen LogP contribution >= 0.6 is 23.4 Å². The molecule has 2 rings (SSSR count). The number of hydrogen-bond acceptors (Lipinski definition) is 4. The van der Waals surface area contributed by atoms with Gasteiger partial charge in [0.15, 0.2) is 6.61 Å². The van der Waals surface area contributed by atoms with Crippen molar-refractivity contribution in [1.82, 2.24) is 5.32 Å². The molecule has 1 amide bonds. The number of esters is 1. The normalized spacial score (nSPS) is 11.6. The van der Waals surface area contributed by atoms with Crippen molar-refractivity contribution >= 4 is 35.2 Å². The van der Waals surface area contributed by atoms with E-state index in [1.165, 1.54) is 6.07 Å². The lowest BCUT2D eigenvalue weighted by atomic mass is 10.1. The molecule has 2 aromatic carbocycles. The Morgan fingerprint density at radius 1 is 1.20 bits per heavy atom. The van der Waals surface area contributed by atoms with Gasteiger partial charge >= 0.3 is 5.97 Å². The molecule has 1 atom stereocenters. The van der Waals surface area contributed by atoms with Crippen molar-refractivity contribution in [1.29, 1.82) is 0 Å². The minimum atomic E-state index is -0.581. The zero-order valence-corrected chi connectivity index (χ0v) is 15.1. The Morgan fingerprint density at radius 3 is 2.56 bits per heavy atom. The molecule has 0 unspecified atom stereocenters. The first-order valence-electron chi connectivity index (χ1n) is 7.53. The molecule has 132 valence electrons. The third-order valence-corrected chi connectivity index (χ3v) is 4.57. The topological polar surface area (TPSA) is 55.4 Å². The molecule has 0 aromatic heterocycles. The summed E-state index contributed by atoms with van der Waals surface area (Å²) >= 11 is 6.85. The number of hydrogen-bond donors (Lipinski definition) is 1. The smallest absolute Gasteiger partial charge is 0.316 e. The molecule has 25 heavy (non-hydrogen) atoms. The molecule has 0 aliphatic carbocycles. The average Bonchev–Trinajstić information content (AvgIpc) is 2.59. The van der Waals surface area contributed by atoms with Crippen LogP contribution < -0.4 is 5.32 Å². The van der Waals surface area contributed by atoms with Gasteiger partial charge in [-0.1, -0.05) is 35.9 Å². The Hall–Kier alpha value is -2.05. The third-order valence-electron chi connectivity index (χ3n) is 3.29. The van der Waals surface area contributed by atoms with Crippen molar-refractivity contribution in [3.05, 3.63) is 64.9 Å². The van der Waals surface area contributed by atoms with E-state index in [1.807, 2.05) is 19.1 Å². The fourth-order valence-electron chi connectivity index (χ4n) is 2.00. The molecule has 0 bridgehead atoms. The molecule has 0 saturated carbocycles. The first kappa shape index (κ1) is 19.3. The van der Waals surface area contributed by atoms with Crippen LogP contribution in [0, 0.1) is 5.82 Å². The van der Waals surface area contributed by atoms with Crippen molar-refractivity contribution < 1.29 is 18.7 Å². The Labute approximate surface area is 154 Å². The zero-order valence-electron chi connectivity index (χ0n) is 13.5. The van der Waals surface area contributed by atoms with Crippen LogP contribution in [0.15, 0.2) is 53.4 Å². The number of benzene rings is 2. The van der Waals surface area contributed by atoms with Crippen LogP contribution in [0.5, 0.6) is 0 Å². The summed E-state index contributed by atoms with van der Waals surface area (Å²) in [5, 5.41) is 3.34. The van der Waals surface area contributed by atoms with Crippen molar-refractivity contribution in [2.45, 2.75) is 17.9 Å². The maximum atomic E-state index is 13.4. The van der Waals surface area contributed by atoms with Gasteiger partial charge in [-0.05, 0) is 36.8 Å². The first-order valence-corrected chi connectivity index (χ1v) is 8.90. The van der Waals surface area contributed by atoms with E-state index in [0.29, 0.717) is 9.92 Å². The quantitative estimate of drug-likeness (QED) is 0.582. The highest BCUT2D eigenvalue weighted by Crippen LogP contribution is 2.21. The van der Waals surface area contributed by atoms with Gasteiger partial charge in [0.25, 0.3) is 5.91 Å². The van der Waals surface area contributed by atoms with E-state index in [-0.39, 0.29) is 18.4 Å². The molecular weight excluding hydrogens is 365 g/mol. The number of carbonyl (C=O) groups is 2. The van der Waals surface area contributed by atoms with E-state index in [0.717, 1.165) is 17.3 Å². The summed E-state index contributed by atoms with van der Waals surface area (Å²) in [5.74, 6) is -1.45. The summed E-state index contributed by atoms with van der Waals surface area (Å²) in [6.07, 6.45) is 0. The number of ether oxygens (including phenoxy) is 1. The van der Waals surface area contributed by atoms with Gasteiger partial charge in [-0.2, -0.15) is 0 Å². The summed E-state index contributed by atoms with van der Waals surface area (Å²) in [6.45, 7) is 1.44. The lowest BCUT2D eigenvalue weighted by Crippen LogP contribution is -2.31. The molecule has 0 fully saturated rings. The molecule has 0 aliphatic heterocycles. The number of halogens is 2. The van der Waals surface area contributed by atoms with Gasteiger partial charge in [0.05, 0.1) is 11.8 Å². The fraction of sp³-hybridized carbons (Fsp3) is 0.222. The molecule has 1 N–H and O–H groups in total. The molecule has 4 nitrogen and oxygen atoms in total. The largest absolute Gasteiger partial charge is 0.455 e. The van der Waals surface area contributed by atoms with Crippen molar-refractivity contribution in [2.24, 2.45) is 0 Å². The number of amides is 1. The second-order valence-electron chi connectivity index (χ2n) is 5.22. The van der Waals surface area contributed by atoms with Crippen LogP contribution in [-0.2, 0) is 14.3 Å². The number of rotatable bonds is 7. The molecular formula is C18H17ClFNO3S. The molecule has 0 heterocycles. The summed E-state index contributed by atoms with van der Waals surface area (Å²) in [5.41, 5.74) is 0.888. The van der Waals surface area contributed by atoms with Crippen LogP contribution in [0.25, 0.3) is 0 Å². The van der Waals surface area contributed by atoms with Gasteiger partial charge < -0.3 is 10.1 Å². The second-order valence-corrected chi connectivity index (χ2v) is 6.67. The zero-order chi connectivity index (χ0) is 18.2. The van der Waals surface area contributed by atoms with E-state index in [1.54, 1.807) is 30.3 Å². The van der Waals surface area contributed by atoms with Crippen LogP contribution in [0.1, 0.15) is 18.5 Å². The van der Waals surface area contributed by atoms with Gasteiger partial charge in [-0.15, -0.1) is 11.8 Å². The van der Waals surface area contributed by atoms with Crippen molar-refractivity contribution in [3.63, 3.8) is 0 Å². The molecule has 0 saturated heterocycles. The monoisotopic (exact) mass is 381 g/mol. The molecule has 7 heteroatoms. The van der Waals surface area contributed by atoms with Gasteiger partial charge in [0.2, 0.25) is 0 Å².